The molecule has 2 amide bonds. The Balaban J connectivity index is 2.02. The molecule has 0 aliphatic rings. The largest absolute Gasteiger partial charge is 0.350 e. The van der Waals surface area contributed by atoms with Crippen LogP contribution in [-0.2, 0) is 4.79 Å². The lowest BCUT2D eigenvalue weighted by molar-refractivity contribution is -0.116. The molecule has 0 unspecified atom stereocenters. The average molecular weight is 311 g/mol. The molecule has 0 aliphatic heterocycles. The SMILES string of the molecule is CC(=O)N(CCNC(=O)c1cccnc1)c1cc(C)ccc1C. The zero-order valence-electron chi connectivity index (χ0n) is 13.7. The normalized spacial score (nSPS) is 10.2. The Bertz CT molecular complexity index is 699. The zero-order chi connectivity index (χ0) is 16.8. The van der Waals surface area contributed by atoms with Crippen molar-refractivity contribution in [1.82, 2.24) is 10.3 Å². The minimum Gasteiger partial charge on any atom is -0.350 e. The third kappa shape index (κ3) is 4.39. The van der Waals surface area contributed by atoms with E-state index in [1.54, 1.807) is 23.2 Å². The van der Waals surface area contributed by atoms with Crippen LogP contribution in [0.25, 0.3) is 0 Å². The van der Waals surface area contributed by atoms with Crippen molar-refractivity contribution in [2.24, 2.45) is 0 Å². The summed E-state index contributed by atoms with van der Waals surface area (Å²) in [5, 5.41) is 2.82. The summed E-state index contributed by atoms with van der Waals surface area (Å²) >= 11 is 0. The Labute approximate surface area is 136 Å². The van der Waals surface area contributed by atoms with Crippen molar-refractivity contribution in [1.29, 1.82) is 0 Å². The number of anilines is 1. The third-order valence-corrected chi connectivity index (χ3v) is 3.58. The van der Waals surface area contributed by atoms with Crippen molar-refractivity contribution in [2.75, 3.05) is 18.0 Å². The van der Waals surface area contributed by atoms with Crippen LogP contribution in [0.5, 0.6) is 0 Å². The Hall–Kier alpha value is -2.69. The number of nitrogens with one attached hydrogen (secondary N) is 1. The minimum absolute atomic E-state index is 0.0469. The fourth-order valence-electron chi connectivity index (χ4n) is 2.34. The summed E-state index contributed by atoms with van der Waals surface area (Å²) < 4.78 is 0. The van der Waals surface area contributed by atoms with Crippen molar-refractivity contribution in [2.45, 2.75) is 20.8 Å². The number of amides is 2. The van der Waals surface area contributed by atoms with Crippen molar-refractivity contribution >= 4 is 17.5 Å². The molecule has 23 heavy (non-hydrogen) atoms. The van der Waals surface area contributed by atoms with Gasteiger partial charge in [-0.1, -0.05) is 12.1 Å². The van der Waals surface area contributed by atoms with Crippen molar-refractivity contribution < 1.29 is 9.59 Å². The molecule has 120 valence electrons. The van der Waals surface area contributed by atoms with Crippen LogP contribution in [0, 0.1) is 13.8 Å². The number of hydrogen-bond acceptors (Lipinski definition) is 3. The quantitative estimate of drug-likeness (QED) is 0.922. The molecule has 0 aliphatic carbocycles. The first-order valence-corrected chi connectivity index (χ1v) is 7.52. The molecule has 2 rings (SSSR count). The number of pyridine rings is 1. The van der Waals surface area contributed by atoms with Crippen LogP contribution in [0.15, 0.2) is 42.7 Å². The molecule has 1 heterocycles. The number of carbonyl (C=O) groups is 2. The van der Waals surface area contributed by atoms with Gasteiger partial charge in [0.2, 0.25) is 5.91 Å². The van der Waals surface area contributed by atoms with E-state index in [0.29, 0.717) is 18.7 Å². The Morgan fingerprint density at radius 3 is 2.65 bits per heavy atom. The van der Waals surface area contributed by atoms with Gasteiger partial charge in [-0.2, -0.15) is 0 Å². The van der Waals surface area contributed by atoms with Crippen molar-refractivity contribution in [3.63, 3.8) is 0 Å². The molecule has 1 N–H and O–H groups in total. The van der Waals surface area contributed by atoms with Crippen LogP contribution in [0.2, 0.25) is 0 Å². The van der Waals surface area contributed by atoms with Gasteiger partial charge in [0.1, 0.15) is 0 Å². The monoisotopic (exact) mass is 311 g/mol. The molecule has 5 nitrogen and oxygen atoms in total. The number of hydrogen-bond donors (Lipinski definition) is 1. The highest BCUT2D eigenvalue weighted by Gasteiger charge is 2.14. The molecule has 0 fully saturated rings. The molecule has 1 aromatic heterocycles. The van der Waals surface area contributed by atoms with E-state index in [1.807, 2.05) is 32.0 Å². The molecule has 0 bridgehead atoms. The van der Waals surface area contributed by atoms with Gasteiger partial charge in [0.15, 0.2) is 0 Å². The van der Waals surface area contributed by atoms with Gasteiger partial charge in [0, 0.05) is 38.1 Å². The number of aromatic nitrogens is 1. The summed E-state index contributed by atoms with van der Waals surface area (Å²) in [5.74, 6) is -0.239. The maximum absolute atomic E-state index is 12.0. The highest BCUT2D eigenvalue weighted by atomic mass is 16.2. The summed E-state index contributed by atoms with van der Waals surface area (Å²) in [7, 11) is 0. The van der Waals surface area contributed by atoms with Gasteiger partial charge >= 0.3 is 0 Å². The van der Waals surface area contributed by atoms with Gasteiger partial charge in [-0.05, 0) is 43.2 Å². The van der Waals surface area contributed by atoms with Gasteiger partial charge in [0.05, 0.1) is 5.56 Å². The molecular weight excluding hydrogens is 290 g/mol. The van der Waals surface area contributed by atoms with Crippen LogP contribution < -0.4 is 10.2 Å². The second kappa shape index (κ2) is 7.54. The van der Waals surface area contributed by atoms with E-state index in [2.05, 4.69) is 10.3 Å². The first-order chi connectivity index (χ1) is 11.0. The topological polar surface area (TPSA) is 62.3 Å². The van der Waals surface area contributed by atoms with E-state index < -0.39 is 0 Å². The molecule has 0 saturated carbocycles. The number of carbonyl (C=O) groups excluding carboxylic acids is 2. The second-order valence-corrected chi connectivity index (χ2v) is 5.46. The lowest BCUT2D eigenvalue weighted by Crippen LogP contribution is -2.38. The second-order valence-electron chi connectivity index (χ2n) is 5.46. The van der Waals surface area contributed by atoms with Gasteiger partial charge < -0.3 is 10.2 Å². The van der Waals surface area contributed by atoms with Gasteiger partial charge in [-0.25, -0.2) is 0 Å². The maximum atomic E-state index is 12.0. The van der Waals surface area contributed by atoms with E-state index in [1.165, 1.54) is 13.1 Å². The summed E-state index contributed by atoms with van der Waals surface area (Å²) in [4.78, 5) is 29.6. The Kier molecular flexibility index (Phi) is 5.46. The number of nitrogens with zero attached hydrogens (tertiary/aromatic N) is 2. The smallest absolute Gasteiger partial charge is 0.252 e. The fourth-order valence-corrected chi connectivity index (χ4v) is 2.34. The van der Waals surface area contributed by atoms with E-state index >= 15 is 0 Å². The van der Waals surface area contributed by atoms with Crippen LogP contribution in [0.4, 0.5) is 5.69 Å². The standard InChI is InChI=1S/C18H21N3O2/c1-13-6-7-14(2)17(11-13)21(15(3)22)10-9-20-18(23)16-5-4-8-19-12-16/h4-8,11-12H,9-10H2,1-3H3,(H,20,23). The first-order valence-electron chi connectivity index (χ1n) is 7.52. The lowest BCUT2D eigenvalue weighted by Gasteiger charge is -2.23. The molecule has 0 atom stereocenters. The predicted molar refractivity (Wildman–Crippen MR) is 90.5 cm³/mol. The summed E-state index contributed by atoms with van der Waals surface area (Å²) in [6.07, 6.45) is 3.14. The third-order valence-electron chi connectivity index (χ3n) is 3.58. The Morgan fingerprint density at radius 1 is 1.22 bits per heavy atom. The molecule has 1 aromatic carbocycles. The zero-order valence-corrected chi connectivity index (χ0v) is 13.7. The fraction of sp³-hybridized carbons (Fsp3) is 0.278. The van der Waals surface area contributed by atoms with E-state index in [0.717, 1.165) is 16.8 Å². The molecule has 0 spiro atoms. The van der Waals surface area contributed by atoms with Crippen LogP contribution >= 0.6 is 0 Å². The molecule has 2 aromatic rings. The molecular formula is C18H21N3O2. The van der Waals surface area contributed by atoms with E-state index in [4.69, 9.17) is 0 Å². The van der Waals surface area contributed by atoms with Crippen molar-refractivity contribution in [3.8, 4) is 0 Å². The maximum Gasteiger partial charge on any atom is 0.252 e. The predicted octanol–water partition coefficient (Wildman–Crippen LogP) is 2.48. The highest BCUT2D eigenvalue weighted by molar-refractivity contribution is 5.94. The summed E-state index contributed by atoms with van der Waals surface area (Å²) in [6, 6.07) is 9.42. The van der Waals surface area contributed by atoms with Crippen molar-refractivity contribution in [3.05, 3.63) is 59.4 Å². The number of benzene rings is 1. The van der Waals surface area contributed by atoms with Gasteiger partial charge in [-0.15, -0.1) is 0 Å². The number of rotatable bonds is 5. The van der Waals surface area contributed by atoms with Crippen LogP contribution in [-0.4, -0.2) is 29.9 Å². The summed E-state index contributed by atoms with van der Waals surface area (Å²) in [6.45, 7) is 6.29. The van der Waals surface area contributed by atoms with Gasteiger partial charge in [0.25, 0.3) is 5.91 Å². The Morgan fingerprint density at radius 2 is 2.00 bits per heavy atom. The first kappa shape index (κ1) is 16.7. The van der Waals surface area contributed by atoms with Crippen LogP contribution in [0.1, 0.15) is 28.4 Å². The molecule has 0 radical (unpaired) electrons. The average Bonchev–Trinajstić information content (AvgIpc) is 2.54. The number of aryl methyl sites for hydroxylation is 2. The van der Waals surface area contributed by atoms with E-state index in [-0.39, 0.29) is 11.8 Å². The molecule has 0 saturated heterocycles. The van der Waals surface area contributed by atoms with Gasteiger partial charge in [-0.3, -0.25) is 14.6 Å². The highest BCUT2D eigenvalue weighted by Crippen LogP contribution is 2.21. The summed E-state index contributed by atoms with van der Waals surface area (Å²) in [5.41, 5.74) is 3.52. The van der Waals surface area contributed by atoms with E-state index in [9.17, 15) is 9.59 Å². The molecule has 5 heteroatoms. The lowest BCUT2D eigenvalue weighted by atomic mass is 10.1. The van der Waals surface area contributed by atoms with Crippen LogP contribution in [0.3, 0.4) is 0 Å². The minimum atomic E-state index is -0.192.